The minimum absolute atomic E-state index is 0.102. The Morgan fingerprint density at radius 2 is 1.28 bits per heavy atom. The summed E-state index contributed by atoms with van der Waals surface area (Å²) in [5.74, 6) is 6.12. The van der Waals surface area contributed by atoms with Gasteiger partial charge in [0.1, 0.15) is 29.0 Å². The Kier molecular flexibility index (Phi) is 14.1. The molecule has 10 rings (SSSR count). The van der Waals surface area contributed by atoms with Gasteiger partial charge in [-0.15, -0.1) is 0 Å². The molecule has 0 bridgehead atoms. The van der Waals surface area contributed by atoms with Gasteiger partial charge in [-0.1, -0.05) is 63.9 Å². The van der Waals surface area contributed by atoms with Crippen molar-refractivity contribution in [2.45, 2.75) is 69.7 Å². The number of methoxy groups -OCH3 is 1. The van der Waals surface area contributed by atoms with Gasteiger partial charge >= 0.3 is 0 Å². The molecule has 0 amide bonds. The van der Waals surface area contributed by atoms with E-state index in [4.69, 9.17) is 24.4 Å². The van der Waals surface area contributed by atoms with E-state index in [0.717, 1.165) is 123 Å². The van der Waals surface area contributed by atoms with Crippen molar-refractivity contribution in [1.29, 1.82) is 0 Å². The summed E-state index contributed by atoms with van der Waals surface area (Å²) in [4.78, 5) is 42.6. The smallest absolute Gasteiger partial charge is 0.276 e. The molecule has 4 atom stereocenters. The van der Waals surface area contributed by atoms with Crippen LogP contribution in [-0.2, 0) is 16.0 Å². The molecule has 3 N–H and O–H groups in total. The molecule has 17 heteroatoms. The molecule has 2 aromatic carbocycles. The van der Waals surface area contributed by atoms with E-state index in [1.807, 2.05) is 30.3 Å². The zero-order chi connectivity index (χ0) is 42.5. The Morgan fingerprint density at radius 3 is 1.79 bits per heavy atom. The predicted octanol–water partition coefficient (Wildman–Crippen LogP) is 6.40. The number of likely N-dealkylation sites (tertiary alicyclic amines) is 1. The van der Waals surface area contributed by atoms with Gasteiger partial charge in [-0.25, -0.2) is 19.0 Å². The van der Waals surface area contributed by atoms with Crippen molar-refractivity contribution in [2.24, 2.45) is 11.8 Å². The highest BCUT2D eigenvalue weighted by Gasteiger charge is 2.34. The molecule has 0 saturated carbocycles. The highest BCUT2D eigenvalue weighted by atomic mass is 79.9. The largest absolute Gasteiger partial charge is 0.497 e. The lowest BCUT2D eigenvalue weighted by molar-refractivity contribution is 0.0831. The minimum atomic E-state index is -0.108. The molecule has 61 heavy (non-hydrogen) atoms. The normalized spacial score (nSPS) is 22.5. The van der Waals surface area contributed by atoms with Crippen molar-refractivity contribution in [3.63, 3.8) is 0 Å². The zero-order valence-corrected chi connectivity index (χ0v) is 38.0. The number of fused-ring (bicyclic) bond motifs is 2. The molecule has 4 aromatic heterocycles. The van der Waals surface area contributed by atoms with E-state index in [0.29, 0.717) is 28.8 Å². The van der Waals surface area contributed by atoms with E-state index in [-0.39, 0.29) is 28.9 Å². The third-order valence-corrected chi connectivity index (χ3v) is 13.3. The molecule has 4 aliphatic heterocycles. The second-order valence-corrected chi connectivity index (χ2v) is 18.4. The van der Waals surface area contributed by atoms with Crippen LogP contribution in [0.1, 0.15) is 92.1 Å². The van der Waals surface area contributed by atoms with Crippen molar-refractivity contribution >= 4 is 42.9 Å². The molecule has 0 aliphatic carbocycles. The van der Waals surface area contributed by atoms with Crippen LogP contribution in [0.25, 0.3) is 11.0 Å². The fraction of sp³-hybridized carbons (Fsp3) is 0.500. The number of nitrogens with zero attached hydrogens (tertiary/aromatic N) is 7. The topological polar surface area (TPSA) is 169 Å². The maximum Gasteiger partial charge on any atom is 0.276 e. The van der Waals surface area contributed by atoms with Gasteiger partial charge in [-0.3, -0.25) is 14.5 Å². The first-order chi connectivity index (χ1) is 29.6. The van der Waals surface area contributed by atoms with Gasteiger partial charge in [0.25, 0.3) is 11.1 Å². The molecular formula is C44H54Br2N10O5. The summed E-state index contributed by atoms with van der Waals surface area (Å²) in [6.45, 7) is 12.0. The molecule has 4 saturated heterocycles. The summed E-state index contributed by atoms with van der Waals surface area (Å²) >= 11 is 6.88. The third kappa shape index (κ3) is 10.2. The molecule has 4 fully saturated rings. The molecule has 4 unspecified atom stereocenters. The van der Waals surface area contributed by atoms with Crippen molar-refractivity contribution in [3.05, 3.63) is 119 Å². The Labute approximate surface area is 371 Å². The lowest BCUT2D eigenvalue weighted by Gasteiger charge is -2.21. The van der Waals surface area contributed by atoms with E-state index in [1.54, 1.807) is 28.5 Å². The van der Waals surface area contributed by atoms with Crippen LogP contribution in [0, 0.1) is 11.8 Å². The molecule has 0 radical (unpaired) electrons. The Hall–Kier alpha value is -4.26. The summed E-state index contributed by atoms with van der Waals surface area (Å²) in [6, 6.07) is 16.1. The number of halogens is 2. The van der Waals surface area contributed by atoms with Crippen LogP contribution < -0.4 is 21.2 Å². The fourth-order valence-corrected chi connectivity index (χ4v) is 9.71. The molecule has 15 nitrogen and oxygen atoms in total. The predicted molar refractivity (Wildman–Crippen MR) is 240 cm³/mol. The van der Waals surface area contributed by atoms with Crippen molar-refractivity contribution in [1.82, 2.24) is 49.4 Å². The molecular weight excluding hydrogens is 908 g/mol. The zero-order valence-electron chi connectivity index (χ0n) is 34.9. The minimum Gasteiger partial charge on any atom is -0.497 e. The molecule has 4 aliphatic rings. The van der Waals surface area contributed by atoms with Gasteiger partial charge in [0.15, 0.2) is 11.0 Å². The van der Waals surface area contributed by atoms with Crippen LogP contribution in [0.4, 0.5) is 0 Å². The van der Waals surface area contributed by atoms with Gasteiger partial charge in [-0.2, -0.15) is 10.2 Å². The van der Waals surface area contributed by atoms with Crippen LogP contribution in [0.2, 0.25) is 0 Å². The maximum absolute atomic E-state index is 12.8. The van der Waals surface area contributed by atoms with Crippen LogP contribution in [0.15, 0.2) is 79.5 Å². The van der Waals surface area contributed by atoms with Crippen molar-refractivity contribution < 1.29 is 14.2 Å². The summed E-state index contributed by atoms with van der Waals surface area (Å²) < 4.78 is 21.6. The van der Waals surface area contributed by atoms with Crippen molar-refractivity contribution in [3.8, 4) is 5.75 Å². The number of rotatable bonds is 7. The number of aromatic amines is 2. The standard InChI is InChI=1S/C22H26BrN5O2.C15H21N5O2.C7H7BrO/c1-14-11-27(12-15-3-2-4-17(23)9-15)13-18(14)20-25-22(29)19-10-24-21(28(19)26-20)16-5-7-30-8-6-16;1-9-6-16-7-11(9)13-18-15(21)12-8-17-14(20(12)19-13)10-2-4-22-5-3-10;1-9-7-4-2-3-6(8)5-7/h2-4,9-10,14,16,18H,5-8,11-13H2,1H3,(H,25,26,29);8-11,16H,2-7H2,1H3,(H,18,19,21);2-5H,1H3. The SMILES string of the molecule is CC1CN(Cc2cccc(Br)c2)CC1c1nn2c(C3CCOCC3)ncc2c(=O)[nH]1.CC1CNCC1c1nn2c(C3CCOCC3)ncc2c(=O)[nH]1.COc1cccc(Br)c1. The van der Waals surface area contributed by atoms with E-state index >= 15 is 0 Å². The Morgan fingerprint density at radius 1 is 0.721 bits per heavy atom. The van der Waals surface area contributed by atoms with E-state index in [2.05, 4.69) is 94.1 Å². The van der Waals surface area contributed by atoms with Gasteiger partial charge in [0.05, 0.1) is 19.5 Å². The Bertz CT molecular complexity index is 2530. The lowest BCUT2D eigenvalue weighted by atomic mass is 9.97. The number of ether oxygens (including phenoxy) is 3. The van der Waals surface area contributed by atoms with E-state index in [1.165, 1.54) is 5.56 Å². The number of nitrogens with one attached hydrogen (secondary N) is 3. The first kappa shape index (κ1) is 43.4. The number of hydrogen-bond donors (Lipinski definition) is 3. The van der Waals surface area contributed by atoms with Gasteiger partial charge in [-0.05, 0) is 80.0 Å². The molecule has 8 heterocycles. The number of benzene rings is 2. The first-order valence-electron chi connectivity index (χ1n) is 21.2. The second-order valence-electron chi connectivity index (χ2n) is 16.6. The third-order valence-electron chi connectivity index (χ3n) is 12.3. The number of H-pyrrole nitrogens is 2. The average molecular weight is 963 g/mol. The molecule has 324 valence electrons. The summed E-state index contributed by atoms with van der Waals surface area (Å²) in [5.41, 5.74) is 2.13. The lowest BCUT2D eigenvalue weighted by Crippen LogP contribution is -2.24. The van der Waals surface area contributed by atoms with Crippen LogP contribution in [0.5, 0.6) is 5.75 Å². The van der Waals surface area contributed by atoms with Crippen LogP contribution >= 0.6 is 31.9 Å². The summed E-state index contributed by atoms with van der Waals surface area (Å²) in [6.07, 6.45) is 7.00. The molecule has 6 aromatic rings. The van der Waals surface area contributed by atoms with Gasteiger partial charge in [0, 0.05) is 85.2 Å². The maximum atomic E-state index is 12.8. The second kappa shape index (κ2) is 19.8. The van der Waals surface area contributed by atoms with Gasteiger partial charge in [0.2, 0.25) is 0 Å². The van der Waals surface area contributed by atoms with Crippen molar-refractivity contribution in [2.75, 3.05) is 59.7 Å². The average Bonchev–Trinajstić information content (AvgIpc) is 4.08. The highest BCUT2D eigenvalue weighted by molar-refractivity contribution is 9.10. The number of imidazole rings is 2. The highest BCUT2D eigenvalue weighted by Crippen LogP contribution is 2.33. The van der Waals surface area contributed by atoms with Crippen LogP contribution in [-0.4, -0.2) is 104 Å². The van der Waals surface area contributed by atoms with Gasteiger partial charge < -0.3 is 29.5 Å². The van der Waals surface area contributed by atoms with Crippen LogP contribution in [0.3, 0.4) is 0 Å². The quantitative estimate of drug-likeness (QED) is 0.162. The van der Waals surface area contributed by atoms with E-state index in [9.17, 15) is 9.59 Å². The first-order valence-corrected chi connectivity index (χ1v) is 22.8. The monoisotopic (exact) mass is 960 g/mol. The summed E-state index contributed by atoms with van der Waals surface area (Å²) in [5, 5.41) is 13.0. The Balaban J connectivity index is 0.000000144. The fourth-order valence-electron chi connectivity index (χ4n) is 8.88. The molecule has 0 spiro atoms. The summed E-state index contributed by atoms with van der Waals surface area (Å²) in [7, 11) is 1.65. The number of aromatic nitrogens is 8. The van der Waals surface area contributed by atoms with E-state index < -0.39 is 0 Å². The number of hydrogen-bond acceptors (Lipinski definition) is 11.